The molecule has 0 radical (unpaired) electrons. The molecular weight excluding hydrogens is 258 g/mol. The van der Waals surface area contributed by atoms with E-state index in [4.69, 9.17) is 8.92 Å². The second-order valence-corrected chi connectivity index (χ2v) is 5.32. The van der Waals surface area contributed by atoms with Crippen molar-refractivity contribution in [3.05, 3.63) is 29.8 Å². The maximum Gasteiger partial charge on any atom is 0.384 e. The van der Waals surface area contributed by atoms with Gasteiger partial charge in [0, 0.05) is 14.1 Å². The van der Waals surface area contributed by atoms with Crippen molar-refractivity contribution in [2.45, 2.75) is 6.92 Å². The van der Waals surface area contributed by atoms with Crippen molar-refractivity contribution in [1.82, 2.24) is 4.31 Å². The van der Waals surface area contributed by atoms with Crippen molar-refractivity contribution in [3.63, 3.8) is 0 Å². The molecule has 1 rings (SSSR count). The first-order valence-corrected chi connectivity index (χ1v) is 6.62. The summed E-state index contributed by atoms with van der Waals surface area (Å²) in [7, 11) is -1.05. The van der Waals surface area contributed by atoms with Gasteiger partial charge in [-0.15, -0.1) is 0 Å². The fourth-order valence-electron chi connectivity index (χ4n) is 1.06. The molecule has 0 aromatic heterocycles. The molecular formula is C11H15NO5S. The number of hydrogen-bond acceptors (Lipinski definition) is 5. The molecule has 0 saturated carbocycles. The standard InChI is InChI=1S/C11H15NO5S/c1-4-16-11(13)9-5-7-10(8-6-9)17-18(14,15)12(2)3/h5-8H,4H2,1-3H3. The van der Waals surface area contributed by atoms with Crippen molar-refractivity contribution >= 4 is 16.3 Å². The van der Waals surface area contributed by atoms with E-state index in [1.165, 1.54) is 38.4 Å². The zero-order valence-corrected chi connectivity index (χ0v) is 11.2. The van der Waals surface area contributed by atoms with Gasteiger partial charge in [-0.1, -0.05) is 0 Å². The monoisotopic (exact) mass is 273 g/mol. The molecule has 0 N–H and O–H groups in total. The van der Waals surface area contributed by atoms with E-state index in [0.29, 0.717) is 5.56 Å². The number of hydrogen-bond donors (Lipinski definition) is 0. The fourth-order valence-corrected chi connectivity index (χ4v) is 1.56. The predicted molar refractivity (Wildman–Crippen MR) is 65.6 cm³/mol. The van der Waals surface area contributed by atoms with Crippen LogP contribution in [-0.4, -0.2) is 39.4 Å². The predicted octanol–water partition coefficient (Wildman–Crippen LogP) is 1.05. The molecule has 0 unspecified atom stereocenters. The lowest BCUT2D eigenvalue weighted by Gasteiger charge is -2.11. The Morgan fingerprint density at radius 3 is 2.22 bits per heavy atom. The van der Waals surface area contributed by atoms with Crippen molar-refractivity contribution in [3.8, 4) is 5.75 Å². The maximum absolute atomic E-state index is 11.4. The van der Waals surface area contributed by atoms with Crippen LogP contribution in [0.4, 0.5) is 0 Å². The van der Waals surface area contributed by atoms with Gasteiger partial charge in [-0.05, 0) is 31.2 Å². The van der Waals surface area contributed by atoms with Gasteiger partial charge in [-0.3, -0.25) is 0 Å². The SMILES string of the molecule is CCOC(=O)c1ccc(OS(=O)(=O)N(C)C)cc1. The molecule has 7 heteroatoms. The minimum absolute atomic E-state index is 0.136. The molecule has 0 heterocycles. The smallest absolute Gasteiger partial charge is 0.384 e. The number of carbonyl (C=O) groups excluding carboxylic acids is 1. The van der Waals surface area contributed by atoms with E-state index in [2.05, 4.69) is 0 Å². The molecule has 0 spiro atoms. The highest BCUT2D eigenvalue weighted by Crippen LogP contribution is 2.15. The van der Waals surface area contributed by atoms with Crippen LogP contribution < -0.4 is 4.18 Å². The quantitative estimate of drug-likeness (QED) is 0.750. The molecule has 0 atom stereocenters. The average Bonchev–Trinajstić information content (AvgIpc) is 2.29. The summed E-state index contributed by atoms with van der Waals surface area (Å²) < 4.78 is 33.4. The van der Waals surface area contributed by atoms with Crippen molar-refractivity contribution in [2.24, 2.45) is 0 Å². The Bertz CT molecular complexity index is 507. The van der Waals surface area contributed by atoms with E-state index >= 15 is 0 Å². The number of nitrogens with zero attached hydrogens (tertiary/aromatic N) is 1. The van der Waals surface area contributed by atoms with Crippen LogP contribution in [0.3, 0.4) is 0 Å². The molecule has 0 fully saturated rings. The largest absolute Gasteiger partial charge is 0.462 e. The number of benzene rings is 1. The van der Waals surface area contributed by atoms with Gasteiger partial charge >= 0.3 is 16.3 Å². The van der Waals surface area contributed by atoms with Gasteiger partial charge in [0.15, 0.2) is 0 Å². The Hall–Kier alpha value is -1.60. The summed E-state index contributed by atoms with van der Waals surface area (Å²) in [6.45, 7) is 1.99. The maximum atomic E-state index is 11.4. The second kappa shape index (κ2) is 5.83. The highest BCUT2D eigenvalue weighted by Gasteiger charge is 2.16. The van der Waals surface area contributed by atoms with Gasteiger partial charge in [-0.2, -0.15) is 12.7 Å². The number of esters is 1. The second-order valence-electron chi connectivity index (χ2n) is 3.57. The summed E-state index contributed by atoms with van der Waals surface area (Å²) in [5, 5.41) is 0. The van der Waals surface area contributed by atoms with Crippen LogP contribution in [0.1, 0.15) is 17.3 Å². The molecule has 0 saturated heterocycles. The normalized spacial score (nSPS) is 11.3. The van der Waals surface area contributed by atoms with Gasteiger partial charge in [0.05, 0.1) is 12.2 Å². The Morgan fingerprint density at radius 1 is 1.22 bits per heavy atom. The lowest BCUT2D eigenvalue weighted by atomic mass is 10.2. The highest BCUT2D eigenvalue weighted by atomic mass is 32.2. The Morgan fingerprint density at radius 2 is 1.78 bits per heavy atom. The van der Waals surface area contributed by atoms with E-state index in [1.54, 1.807) is 6.92 Å². The topological polar surface area (TPSA) is 72.9 Å². The first-order valence-electron chi connectivity index (χ1n) is 5.26. The van der Waals surface area contributed by atoms with Gasteiger partial charge in [0.1, 0.15) is 5.75 Å². The number of carbonyl (C=O) groups is 1. The first-order chi connectivity index (χ1) is 8.36. The van der Waals surface area contributed by atoms with Crippen LogP contribution in [0, 0.1) is 0 Å². The summed E-state index contributed by atoms with van der Waals surface area (Å²) in [5.74, 6) is -0.323. The molecule has 0 aliphatic rings. The third-order valence-electron chi connectivity index (χ3n) is 2.01. The van der Waals surface area contributed by atoms with Crippen molar-refractivity contribution in [1.29, 1.82) is 0 Å². The van der Waals surface area contributed by atoms with E-state index in [9.17, 15) is 13.2 Å². The molecule has 1 aromatic rings. The molecule has 1 aromatic carbocycles. The summed E-state index contributed by atoms with van der Waals surface area (Å²) in [5.41, 5.74) is 0.339. The average molecular weight is 273 g/mol. The van der Waals surface area contributed by atoms with Gasteiger partial charge in [0.2, 0.25) is 0 Å². The first kappa shape index (κ1) is 14.5. The summed E-state index contributed by atoms with van der Waals surface area (Å²) >= 11 is 0. The Kier molecular flexibility index (Phi) is 4.69. The van der Waals surface area contributed by atoms with Gasteiger partial charge in [0.25, 0.3) is 0 Å². The zero-order chi connectivity index (χ0) is 13.8. The fraction of sp³-hybridized carbons (Fsp3) is 0.364. The summed E-state index contributed by atoms with van der Waals surface area (Å²) in [6, 6.07) is 5.68. The van der Waals surface area contributed by atoms with Crippen LogP contribution in [0.2, 0.25) is 0 Å². The van der Waals surface area contributed by atoms with E-state index in [0.717, 1.165) is 4.31 Å². The summed E-state index contributed by atoms with van der Waals surface area (Å²) in [4.78, 5) is 11.4. The molecule has 100 valence electrons. The van der Waals surface area contributed by atoms with E-state index in [-0.39, 0.29) is 12.4 Å². The summed E-state index contributed by atoms with van der Waals surface area (Å²) in [6.07, 6.45) is 0. The minimum Gasteiger partial charge on any atom is -0.462 e. The molecule has 18 heavy (non-hydrogen) atoms. The minimum atomic E-state index is -3.78. The van der Waals surface area contributed by atoms with Crippen molar-refractivity contribution in [2.75, 3.05) is 20.7 Å². The molecule has 0 aliphatic heterocycles. The van der Waals surface area contributed by atoms with E-state index < -0.39 is 16.3 Å². The number of rotatable bonds is 5. The van der Waals surface area contributed by atoms with Crippen molar-refractivity contribution < 1.29 is 22.1 Å². The Balaban J connectivity index is 2.81. The third-order valence-corrected chi connectivity index (χ3v) is 3.31. The van der Waals surface area contributed by atoms with E-state index in [1.807, 2.05) is 0 Å². The lowest BCUT2D eigenvalue weighted by Crippen LogP contribution is -2.27. The molecule has 0 aliphatic carbocycles. The van der Waals surface area contributed by atoms with Crippen LogP contribution in [0.25, 0.3) is 0 Å². The van der Waals surface area contributed by atoms with Crippen LogP contribution in [0.15, 0.2) is 24.3 Å². The molecule has 0 amide bonds. The van der Waals surface area contributed by atoms with Crippen LogP contribution in [-0.2, 0) is 15.0 Å². The van der Waals surface area contributed by atoms with Gasteiger partial charge < -0.3 is 8.92 Å². The van der Waals surface area contributed by atoms with Gasteiger partial charge in [-0.25, -0.2) is 4.79 Å². The number of ether oxygens (including phenoxy) is 1. The highest BCUT2D eigenvalue weighted by molar-refractivity contribution is 7.84. The third kappa shape index (κ3) is 3.71. The zero-order valence-electron chi connectivity index (χ0n) is 10.4. The lowest BCUT2D eigenvalue weighted by molar-refractivity contribution is 0.0526. The Labute approximate surface area is 106 Å². The molecule has 0 bridgehead atoms. The van der Waals surface area contributed by atoms with Crippen LogP contribution >= 0.6 is 0 Å². The van der Waals surface area contributed by atoms with Crippen LogP contribution in [0.5, 0.6) is 5.75 Å². The molecule has 6 nitrogen and oxygen atoms in total.